The van der Waals surface area contributed by atoms with Crippen molar-refractivity contribution in [1.82, 2.24) is 4.31 Å². The maximum atomic E-state index is 13.5. The molecule has 128 valence electrons. The van der Waals surface area contributed by atoms with Crippen molar-refractivity contribution in [1.29, 1.82) is 0 Å². The van der Waals surface area contributed by atoms with E-state index < -0.39 is 15.8 Å². The van der Waals surface area contributed by atoms with Crippen LogP contribution >= 0.6 is 0 Å². The topological polar surface area (TPSA) is 46.6 Å². The molecule has 0 N–H and O–H groups in total. The molecule has 0 saturated carbocycles. The fourth-order valence-electron chi connectivity index (χ4n) is 3.15. The third kappa shape index (κ3) is 2.80. The molecule has 0 amide bonds. The molecule has 0 saturated heterocycles. The van der Waals surface area contributed by atoms with Crippen LogP contribution in [0.3, 0.4) is 0 Å². The van der Waals surface area contributed by atoms with Crippen molar-refractivity contribution >= 4 is 10.0 Å². The molecule has 0 aliphatic carbocycles. The van der Waals surface area contributed by atoms with Gasteiger partial charge in [0.15, 0.2) is 0 Å². The number of fused-ring (bicyclic) bond motifs is 1. The summed E-state index contributed by atoms with van der Waals surface area (Å²) < 4.78 is 46.1. The Hall–Kier alpha value is -1.92. The van der Waals surface area contributed by atoms with Crippen LogP contribution in [0.2, 0.25) is 0 Å². The molecule has 1 aliphatic heterocycles. The van der Waals surface area contributed by atoms with E-state index in [1.807, 2.05) is 25.1 Å². The van der Waals surface area contributed by atoms with Gasteiger partial charge < -0.3 is 4.74 Å². The minimum absolute atomic E-state index is 0.130. The largest absolute Gasteiger partial charge is 0.497 e. The highest BCUT2D eigenvalue weighted by atomic mass is 32.2. The molecule has 24 heavy (non-hydrogen) atoms. The number of aryl methyl sites for hydroxylation is 1. The van der Waals surface area contributed by atoms with Crippen molar-refractivity contribution < 1.29 is 17.5 Å². The zero-order valence-electron chi connectivity index (χ0n) is 13.9. The van der Waals surface area contributed by atoms with E-state index in [4.69, 9.17) is 4.74 Å². The van der Waals surface area contributed by atoms with Gasteiger partial charge in [0.25, 0.3) is 0 Å². The fourth-order valence-corrected chi connectivity index (χ4v) is 4.85. The summed E-state index contributed by atoms with van der Waals surface area (Å²) in [6.45, 7) is 3.83. The number of methoxy groups -OCH3 is 1. The Kier molecular flexibility index (Phi) is 4.36. The number of ether oxygens (including phenoxy) is 1. The standard InChI is InChI=1S/C18H20FNO3S/c1-12-10-16(5-7-18(12)19)24(21,22)20-9-8-14-11-15(23-3)4-6-17(14)13(20)2/h4-7,10-11,13H,8-9H2,1-3H3. The second-order valence-corrected chi connectivity index (χ2v) is 7.91. The normalized spacial score (nSPS) is 18.2. The number of rotatable bonds is 3. The summed E-state index contributed by atoms with van der Waals surface area (Å²) in [5, 5.41) is 0. The number of benzene rings is 2. The fraction of sp³-hybridized carbons (Fsp3) is 0.333. The summed E-state index contributed by atoms with van der Waals surface area (Å²) >= 11 is 0. The first-order valence-electron chi connectivity index (χ1n) is 7.79. The summed E-state index contributed by atoms with van der Waals surface area (Å²) in [5.74, 6) is 0.365. The lowest BCUT2D eigenvalue weighted by molar-refractivity contribution is 0.325. The van der Waals surface area contributed by atoms with Gasteiger partial charge in [0.1, 0.15) is 11.6 Å². The number of hydrogen-bond acceptors (Lipinski definition) is 3. The third-order valence-corrected chi connectivity index (χ3v) is 6.54. The third-order valence-electron chi connectivity index (χ3n) is 4.57. The van der Waals surface area contributed by atoms with Crippen LogP contribution in [0.5, 0.6) is 5.75 Å². The van der Waals surface area contributed by atoms with E-state index in [1.54, 1.807) is 14.0 Å². The molecule has 1 atom stereocenters. The molecule has 4 nitrogen and oxygen atoms in total. The lowest BCUT2D eigenvalue weighted by Crippen LogP contribution is -2.38. The molecule has 0 bridgehead atoms. The van der Waals surface area contributed by atoms with Crippen molar-refractivity contribution in [3.63, 3.8) is 0 Å². The maximum Gasteiger partial charge on any atom is 0.243 e. The number of nitrogens with zero attached hydrogens (tertiary/aromatic N) is 1. The molecule has 2 aromatic rings. The highest BCUT2D eigenvalue weighted by molar-refractivity contribution is 7.89. The van der Waals surface area contributed by atoms with Crippen LogP contribution in [0.4, 0.5) is 4.39 Å². The second kappa shape index (κ2) is 6.18. The van der Waals surface area contributed by atoms with Crippen LogP contribution in [0.25, 0.3) is 0 Å². The highest BCUT2D eigenvalue weighted by Gasteiger charge is 2.34. The monoisotopic (exact) mass is 349 g/mol. The Bertz CT molecular complexity index is 880. The second-order valence-electron chi connectivity index (χ2n) is 6.02. The average Bonchev–Trinajstić information content (AvgIpc) is 2.56. The van der Waals surface area contributed by atoms with Crippen molar-refractivity contribution in [2.45, 2.75) is 31.2 Å². The SMILES string of the molecule is COc1ccc2c(c1)CCN(S(=O)(=O)c1ccc(F)c(C)c1)C2C. The van der Waals surface area contributed by atoms with Gasteiger partial charge in [-0.05, 0) is 67.3 Å². The molecule has 2 aromatic carbocycles. The smallest absolute Gasteiger partial charge is 0.243 e. The van der Waals surface area contributed by atoms with Crippen molar-refractivity contribution in [3.8, 4) is 5.75 Å². The molecule has 0 radical (unpaired) electrons. The zero-order valence-corrected chi connectivity index (χ0v) is 14.7. The van der Waals surface area contributed by atoms with Gasteiger partial charge in [-0.1, -0.05) is 6.07 Å². The molecule has 6 heteroatoms. The molecule has 0 aromatic heterocycles. The molecule has 1 unspecified atom stereocenters. The zero-order chi connectivity index (χ0) is 17.5. The van der Waals surface area contributed by atoms with Crippen LogP contribution in [0.15, 0.2) is 41.3 Å². The molecule has 1 aliphatic rings. The minimum atomic E-state index is -3.67. The summed E-state index contributed by atoms with van der Waals surface area (Å²) in [6, 6.07) is 9.35. The van der Waals surface area contributed by atoms with Gasteiger partial charge >= 0.3 is 0 Å². The number of halogens is 1. The highest BCUT2D eigenvalue weighted by Crippen LogP contribution is 2.35. The van der Waals surface area contributed by atoms with Gasteiger partial charge in [-0.25, -0.2) is 12.8 Å². The molecular formula is C18H20FNO3S. The van der Waals surface area contributed by atoms with Gasteiger partial charge in [0.2, 0.25) is 10.0 Å². The summed E-state index contributed by atoms with van der Waals surface area (Å²) in [6.07, 6.45) is 0.621. The number of hydrogen-bond donors (Lipinski definition) is 0. The van der Waals surface area contributed by atoms with Crippen LogP contribution < -0.4 is 4.74 Å². The van der Waals surface area contributed by atoms with Gasteiger partial charge in [-0.15, -0.1) is 0 Å². The van der Waals surface area contributed by atoms with Gasteiger partial charge in [0.05, 0.1) is 12.0 Å². The van der Waals surface area contributed by atoms with E-state index in [0.29, 0.717) is 18.5 Å². The Morgan fingerprint density at radius 2 is 1.96 bits per heavy atom. The molecule has 3 rings (SSSR count). The van der Waals surface area contributed by atoms with E-state index in [9.17, 15) is 12.8 Å². The van der Waals surface area contributed by atoms with Crippen molar-refractivity contribution in [2.24, 2.45) is 0 Å². The summed E-state index contributed by atoms with van der Waals surface area (Å²) in [5.41, 5.74) is 2.40. The Balaban J connectivity index is 1.98. The number of sulfonamides is 1. The van der Waals surface area contributed by atoms with Crippen LogP contribution in [0.1, 0.15) is 29.7 Å². The predicted molar refractivity (Wildman–Crippen MR) is 90.1 cm³/mol. The summed E-state index contributed by atoms with van der Waals surface area (Å²) in [7, 11) is -2.06. The summed E-state index contributed by atoms with van der Waals surface area (Å²) in [4.78, 5) is 0.130. The van der Waals surface area contributed by atoms with E-state index in [-0.39, 0.29) is 10.9 Å². The molecule has 1 heterocycles. The lowest BCUT2D eigenvalue weighted by atomic mass is 9.95. The average molecular weight is 349 g/mol. The predicted octanol–water partition coefficient (Wildman–Crippen LogP) is 3.45. The van der Waals surface area contributed by atoms with Crippen LogP contribution in [-0.4, -0.2) is 26.4 Å². The first-order chi connectivity index (χ1) is 11.3. The first kappa shape index (κ1) is 16.9. The van der Waals surface area contributed by atoms with Crippen LogP contribution in [-0.2, 0) is 16.4 Å². The van der Waals surface area contributed by atoms with Crippen molar-refractivity contribution in [2.75, 3.05) is 13.7 Å². The maximum absolute atomic E-state index is 13.5. The van der Waals surface area contributed by atoms with E-state index in [0.717, 1.165) is 16.9 Å². The Morgan fingerprint density at radius 1 is 1.21 bits per heavy atom. The molecule has 0 spiro atoms. The minimum Gasteiger partial charge on any atom is -0.497 e. The Morgan fingerprint density at radius 3 is 2.62 bits per heavy atom. The van der Waals surface area contributed by atoms with Gasteiger partial charge in [-0.2, -0.15) is 4.31 Å². The van der Waals surface area contributed by atoms with E-state index in [2.05, 4.69) is 0 Å². The van der Waals surface area contributed by atoms with Gasteiger partial charge in [-0.3, -0.25) is 0 Å². The van der Waals surface area contributed by atoms with Crippen LogP contribution in [0, 0.1) is 12.7 Å². The first-order valence-corrected chi connectivity index (χ1v) is 9.23. The van der Waals surface area contributed by atoms with E-state index in [1.165, 1.54) is 22.5 Å². The van der Waals surface area contributed by atoms with Gasteiger partial charge in [0, 0.05) is 12.6 Å². The Labute approximate surface area is 141 Å². The van der Waals surface area contributed by atoms with Crippen molar-refractivity contribution in [3.05, 3.63) is 58.9 Å². The lowest BCUT2D eigenvalue weighted by Gasteiger charge is -2.34. The molecular weight excluding hydrogens is 329 g/mol. The molecule has 0 fully saturated rings. The van der Waals surface area contributed by atoms with E-state index >= 15 is 0 Å². The quantitative estimate of drug-likeness (QED) is 0.853.